The average molecular weight is 352 g/mol. The molecule has 130 valence electrons. The Labute approximate surface area is 144 Å². The largest absolute Gasteiger partial charge is 0.480 e. The predicted octanol–water partition coefficient (Wildman–Crippen LogP) is 3.16. The first kappa shape index (κ1) is 18.5. The summed E-state index contributed by atoms with van der Waals surface area (Å²) in [6.45, 7) is 4.01. The number of carboxylic acids is 1. The van der Waals surface area contributed by atoms with Gasteiger partial charge in [0.2, 0.25) is 0 Å². The molecule has 0 saturated heterocycles. The van der Waals surface area contributed by atoms with Crippen LogP contribution in [0.5, 0.6) is 0 Å². The maximum Gasteiger partial charge on any atom is 0.325 e. The Bertz CT molecular complexity index is 718. The van der Waals surface area contributed by atoms with E-state index < -0.39 is 24.4 Å². The average Bonchev–Trinajstić information content (AvgIpc) is 2.97. The van der Waals surface area contributed by atoms with Crippen molar-refractivity contribution in [3.05, 3.63) is 51.2 Å². The number of aliphatic hydroxyl groups excluding tert-OH is 1. The molecule has 0 bridgehead atoms. The topological polar surface area (TPSA) is 73.7 Å². The predicted molar refractivity (Wildman–Crippen MR) is 90.4 cm³/mol. The summed E-state index contributed by atoms with van der Waals surface area (Å²) >= 11 is 1.56. The molecule has 0 radical (unpaired) electrons. The minimum Gasteiger partial charge on any atom is -0.480 e. The fraction of sp³-hybridized carbons (Fsp3) is 0.412. The molecule has 2 N–H and O–H groups in total. The Kier molecular flexibility index (Phi) is 6.04. The van der Waals surface area contributed by atoms with Crippen molar-refractivity contribution in [3.63, 3.8) is 0 Å². The van der Waals surface area contributed by atoms with E-state index in [-0.39, 0.29) is 5.56 Å². The minimum absolute atomic E-state index is 0.0860. The summed E-state index contributed by atoms with van der Waals surface area (Å²) in [6.07, 6.45) is 0. The lowest BCUT2D eigenvalue weighted by Gasteiger charge is -2.24. The second kappa shape index (κ2) is 7.83. The lowest BCUT2D eigenvalue weighted by molar-refractivity contribution is -0.143. The Morgan fingerprint density at radius 2 is 2.12 bits per heavy atom. The van der Waals surface area contributed by atoms with E-state index in [0.717, 1.165) is 10.7 Å². The number of aromatic nitrogens is 1. The van der Waals surface area contributed by atoms with Crippen LogP contribution in [0.25, 0.3) is 0 Å². The van der Waals surface area contributed by atoms with E-state index in [0.29, 0.717) is 18.0 Å². The number of likely N-dealkylation sites (N-methyl/N-ethyl adjacent to an activating group) is 1. The Morgan fingerprint density at radius 3 is 2.67 bits per heavy atom. The summed E-state index contributed by atoms with van der Waals surface area (Å²) < 4.78 is 13.5. The van der Waals surface area contributed by atoms with Crippen LogP contribution in [0.15, 0.2) is 23.6 Å². The second-order valence-electron chi connectivity index (χ2n) is 6.00. The van der Waals surface area contributed by atoms with Crippen LogP contribution in [0.2, 0.25) is 0 Å². The third-order valence-electron chi connectivity index (χ3n) is 3.71. The van der Waals surface area contributed by atoms with Gasteiger partial charge in [0, 0.05) is 23.4 Å². The quantitative estimate of drug-likeness (QED) is 0.801. The second-order valence-corrected chi connectivity index (χ2v) is 6.89. The molecular weight excluding hydrogens is 331 g/mol. The van der Waals surface area contributed by atoms with Gasteiger partial charge in [-0.15, -0.1) is 11.3 Å². The molecule has 0 saturated carbocycles. The highest BCUT2D eigenvalue weighted by molar-refractivity contribution is 7.09. The number of aliphatic hydroxyl groups is 1. The van der Waals surface area contributed by atoms with Crippen LogP contribution in [0.4, 0.5) is 4.39 Å². The molecule has 0 aliphatic rings. The molecule has 2 aromatic rings. The number of aliphatic carboxylic acids is 1. The number of benzene rings is 1. The van der Waals surface area contributed by atoms with Crippen LogP contribution in [-0.2, 0) is 17.9 Å². The Hall–Kier alpha value is -1.83. The van der Waals surface area contributed by atoms with Gasteiger partial charge in [0.25, 0.3) is 0 Å². The molecule has 5 nitrogen and oxygen atoms in total. The highest BCUT2D eigenvalue weighted by Crippen LogP contribution is 2.25. The summed E-state index contributed by atoms with van der Waals surface area (Å²) in [5, 5.41) is 21.7. The van der Waals surface area contributed by atoms with Gasteiger partial charge in [-0.25, -0.2) is 9.37 Å². The van der Waals surface area contributed by atoms with Crippen molar-refractivity contribution in [1.29, 1.82) is 0 Å². The molecule has 0 fully saturated rings. The van der Waals surface area contributed by atoms with Gasteiger partial charge in [-0.3, -0.25) is 9.69 Å². The molecule has 1 aromatic heterocycles. The van der Waals surface area contributed by atoms with Gasteiger partial charge >= 0.3 is 5.97 Å². The van der Waals surface area contributed by atoms with Crippen LogP contribution in [0.3, 0.4) is 0 Å². The summed E-state index contributed by atoms with van der Waals surface area (Å²) in [6, 6.07) is 3.07. The van der Waals surface area contributed by atoms with Crippen LogP contribution in [0, 0.1) is 5.82 Å². The first-order chi connectivity index (χ1) is 11.3. The van der Waals surface area contributed by atoms with Gasteiger partial charge < -0.3 is 10.2 Å². The molecule has 0 aliphatic heterocycles. The molecule has 7 heteroatoms. The molecule has 0 aliphatic carbocycles. The minimum atomic E-state index is -1.03. The van der Waals surface area contributed by atoms with E-state index in [1.54, 1.807) is 23.3 Å². The van der Waals surface area contributed by atoms with Crippen molar-refractivity contribution < 1.29 is 19.4 Å². The highest BCUT2D eigenvalue weighted by Gasteiger charge is 2.26. The third-order valence-corrected chi connectivity index (χ3v) is 4.90. The van der Waals surface area contributed by atoms with Gasteiger partial charge in [0.05, 0.1) is 17.3 Å². The van der Waals surface area contributed by atoms with Crippen molar-refractivity contribution in [2.45, 2.75) is 39.0 Å². The summed E-state index contributed by atoms with van der Waals surface area (Å²) in [7, 11) is 1.69. The van der Waals surface area contributed by atoms with E-state index in [1.807, 2.05) is 5.38 Å². The van der Waals surface area contributed by atoms with Crippen molar-refractivity contribution in [2.24, 2.45) is 0 Å². The lowest BCUT2D eigenvalue weighted by atomic mass is 10.0. The molecule has 1 heterocycles. The molecular formula is C17H21FN2O3S. The number of thiazole rings is 1. The fourth-order valence-corrected chi connectivity index (χ4v) is 3.30. The van der Waals surface area contributed by atoms with Crippen molar-refractivity contribution in [1.82, 2.24) is 9.88 Å². The number of nitrogens with zero attached hydrogens (tertiary/aromatic N) is 2. The summed E-state index contributed by atoms with van der Waals surface area (Å²) in [4.78, 5) is 17.9. The standard InChI is InChI=1S/C17H21FN2O3S/c1-10(2)16-19-13(9-24-16)7-20(3)15(17(22)23)11-4-5-14(18)12(6-11)8-21/h4-6,9-10,15,21H,7-8H2,1-3H3,(H,22,23)/t15-/m1/s1. The van der Waals surface area contributed by atoms with Crippen LogP contribution < -0.4 is 0 Å². The molecule has 1 aromatic carbocycles. The van der Waals surface area contributed by atoms with Gasteiger partial charge in [0.15, 0.2) is 0 Å². The summed E-state index contributed by atoms with van der Waals surface area (Å²) in [5.74, 6) is -1.25. The zero-order chi connectivity index (χ0) is 17.9. The molecule has 1 atom stereocenters. The fourth-order valence-electron chi connectivity index (χ4n) is 2.48. The van der Waals surface area contributed by atoms with Crippen LogP contribution in [0.1, 0.15) is 47.6 Å². The first-order valence-corrected chi connectivity index (χ1v) is 8.48. The molecule has 0 unspecified atom stereocenters. The van der Waals surface area contributed by atoms with E-state index >= 15 is 0 Å². The zero-order valence-corrected chi connectivity index (χ0v) is 14.7. The monoisotopic (exact) mass is 352 g/mol. The number of carboxylic acid groups (broad SMARTS) is 1. The van der Waals surface area contributed by atoms with Gasteiger partial charge in [0.1, 0.15) is 11.9 Å². The van der Waals surface area contributed by atoms with Crippen molar-refractivity contribution >= 4 is 17.3 Å². The van der Waals surface area contributed by atoms with E-state index in [2.05, 4.69) is 18.8 Å². The third kappa shape index (κ3) is 4.17. The number of rotatable bonds is 7. The van der Waals surface area contributed by atoms with Crippen LogP contribution >= 0.6 is 11.3 Å². The van der Waals surface area contributed by atoms with E-state index in [4.69, 9.17) is 0 Å². The number of hydrogen-bond acceptors (Lipinski definition) is 5. The smallest absolute Gasteiger partial charge is 0.325 e. The maximum absolute atomic E-state index is 13.5. The first-order valence-electron chi connectivity index (χ1n) is 7.60. The van der Waals surface area contributed by atoms with Crippen LogP contribution in [-0.4, -0.2) is 33.1 Å². The lowest BCUT2D eigenvalue weighted by Crippen LogP contribution is -2.30. The van der Waals surface area contributed by atoms with E-state index in [1.165, 1.54) is 18.2 Å². The maximum atomic E-state index is 13.5. The highest BCUT2D eigenvalue weighted by atomic mass is 32.1. The van der Waals surface area contributed by atoms with Gasteiger partial charge in [-0.1, -0.05) is 19.9 Å². The van der Waals surface area contributed by atoms with E-state index in [9.17, 15) is 19.4 Å². The molecule has 0 amide bonds. The van der Waals surface area contributed by atoms with Crippen molar-refractivity contribution in [2.75, 3.05) is 7.05 Å². The summed E-state index contributed by atoms with van der Waals surface area (Å²) in [5.41, 5.74) is 1.32. The number of halogens is 1. The number of carbonyl (C=O) groups is 1. The number of hydrogen-bond donors (Lipinski definition) is 2. The SMILES string of the molecule is CC(C)c1nc(CN(C)[C@@H](C(=O)O)c2ccc(F)c(CO)c2)cs1. The normalized spacial score (nSPS) is 12.8. The Balaban J connectivity index is 2.24. The van der Waals surface area contributed by atoms with Gasteiger partial charge in [-0.05, 0) is 24.7 Å². The molecule has 0 spiro atoms. The Morgan fingerprint density at radius 1 is 1.42 bits per heavy atom. The van der Waals surface area contributed by atoms with Gasteiger partial charge in [-0.2, -0.15) is 0 Å². The molecule has 24 heavy (non-hydrogen) atoms. The molecule has 2 rings (SSSR count). The zero-order valence-electron chi connectivity index (χ0n) is 13.9. The van der Waals surface area contributed by atoms with Crippen molar-refractivity contribution in [3.8, 4) is 0 Å².